The first-order valence-electron chi connectivity index (χ1n) is 4.53. The summed E-state index contributed by atoms with van der Waals surface area (Å²) in [6.07, 6.45) is 0. The highest BCUT2D eigenvalue weighted by Crippen LogP contribution is 2.37. The Bertz CT molecular complexity index is 528. The highest BCUT2D eigenvalue weighted by molar-refractivity contribution is 14.1. The fourth-order valence-corrected chi connectivity index (χ4v) is 2.21. The average Bonchev–Trinajstić information content (AvgIpc) is 2.32. The van der Waals surface area contributed by atoms with Gasteiger partial charge < -0.3 is 5.11 Å². The molecule has 0 aliphatic carbocycles. The molecule has 0 aliphatic rings. The summed E-state index contributed by atoms with van der Waals surface area (Å²) in [4.78, 5) is 0. The third kappa shape index (κ3) is 2.01. The lowest BCUT2D eigenvalue weighted by molar-refractivity contribution is 0.429. The van der Waals surface area contributed by atoms with Gasteiger partial charge in [0.1, 0.15) is 0 Å². The van der Waals surface area contributed by atoms with E-state index in [2.05, 4.69) is 0 Å². The van der Waals surface area contributed by atoms with E-state index in [9.17, 15) is 9.50 Å². The molecule has 0 atom stereocenters. The van der Waals surface area contributed by atoms with Crippen LogP contribution in [-0.4, -0.2) is 5.11 Å². The molecule has 0 saturated carbocycles. The molecule has 2 aromatic carbocycles. The first-order valence-corrected chi connectivity index (χ1v) is 5.99. The van der Waals surface area contributed by atoms with Gasteiger partial charge in [-0.3, -0.25) is 0 Å². The number of phenolic OH excluding ortho intramolecular Hbond substituents is 1. The van der Waals surface area contributed by atoms with Crippen molar-refractivity contribution in [2.45, 2.75) is 0 Å². The number of halogens is 3. The van der Waals surface area contributed by atoms with Crippen molar-refractivity contribution in [3.8, 4) is 16.9 Å². The summed E-state index contributed by atoms with van der Waals surface area (Å²) in [7, 11) is 0. The van der Waals surface area contributed by atoms with E-state index in [4.69, 9.17) is 11.6 Å². The first kappa shape index (κ1) is 11.7. The van der Waals surface area contributed by atoms with Crippen LogP contribution in [0.4, 0.5) is 4.39 Å². The molecule has 0 bridgehead atoms. The van der Waals surface area contributed by atoms with Crippen molar-refractivity contribution in [2.75, 3.05) is 0 Å². The van der Waals surface area contributed by atoms with Crippen LogP contribution in [0.3, 0.4) is 0 Å². The first-order chi connectivity index (χ1) is 7.61. The van der Waals surface area contributed by atoms with E-state index in [-0.39, 0.29) is 5.02 Å². The van der Waals surface area contributed by atoms with Gasteiger partial charge in [0.25, 0.3) is 0 Å². The maximum Gasteiger partial charge on any atom is 0.185 e. The van der Waals surface area contributed by atoms with Gasteiger partial charge in [0.05, 0.1) is 8.59 Å². The topological polar surface area (TPSA) is 20.2 Å². The van der Waals surface area contributed by atoms with Crippen LogP contribution in [0.1, 0.15) is 0 Å². The van der Waals surface area contributed by atoms with Gasteiger partial charge >= 0.3 is 0 Å². The number of aromatic hydroxyl groups is 1. The van der Waals surface area contributed by atoms with E-state index in [1.165, 1.54) is 0 Å². The lowest BCUT2D eigenvalue weighted by Crippen LogP contribution is -1.88. The Morgan fingerprint density at radius 2 is 1.81 bits per heavy atom. The van der Waals surface area contributed by atoms with Crippen LogP contribution in [0.2, 0.25) is 5.02 Å². The van der Waals surface area contributed by atoms with Gasteiger partial charge in [-0.15, -0.1) is 0 Å². The number of hydrogen-bond acceptors (Lipinski definition) is 1. The second-order valence-corrected chi connectivity index (χ2v) is 4.79. The van der Waals surface area contributed by atoms with Crippen LogP contribution in [0.25, 0.3) is 11.1 Å². The average molecular weight is 349 g/mol. The molecular weight excluding hydrogens is 341 g/mol. The van der Waals surface area contributed by atoms with Gasteiger partial charge in [0.2, 0.25) is 0 Å². The Balaban J connectivity index is 2.68. The molecule has 82 valence electrons. The quantitative estimate of drug-likeness (QED) is 0.596. The summed E-state index contributed by atoms with van der Waals surface area (Å²) >= 11 is 7.74. The van der Waals surface area contributed by atoms with Crippen molar-refractivity contribution in [3.05, 3.63) is 50.8 Å². The minimum atomic E-state index is -0.771. The van der Waals surface area contributed by atoms with Crippen LogP contribution in [0, 0.1) is 9.39 Å². The number of rotatable bonds is 1. The molecule has 1 nitrogen and oxygen atoms in total. The molecule has 0 unspecified atom stereocenters. The van der Waals surface area contributed by atoms with Gasteiger partial charge in [-0.25, -0.2) is 4.39 Å². The van der Waals surface area contributed by atoms with Crippen molar-refractivity contribution < 1.29 is 9.50 Å². The SMILES string of the molecule is Oc1c(I)cc(-c2ccccc2)c(Cl)c1F. The molecule has 2 aromatic rings. The number of hydrogen-bond donors (Lipinski definition) is 1. The van der Waals surface area contributed by atoms with Gasteiger partial charge in [-0.05, 0) is 34.2 Å². The third-order valence-electron chi connectivity index (χ3n) is 2.22. The fourth-order valence-electron chi connectivity index (χ4n) is 1.41. The van der Waals surface area contributed by atoms with Crippen LogP contribution >= 0.6 is 34.2 Å². The largest absolute Gasteiger partial charge is 0.504 e. The second kappa shape index (κ2) is 4.59. The smallest absolute Gasteiger partial charge is 0.185 e. The predicted molar refractivity (Wildman–Crippen MR) is 71.2 cm³/mol. The third-order valence-corrected chi connectivity index (χ3v) is 3.41. The van der Waals surface area contributed by atoms with E-state index in [0.29, 0.717) is 9.13 Å². The van der Waals surface area contributed by atoms with E-state index in [1.807, 2.05) is 52.9 Å². The maximum absolute atomic E-state index is 13.6. The lowest BCUT2D eigenvalue weighted by atomic mass is 10.1. The summed E-state index contributed by atoms with van der Waals surface area (Å²) in [5, 5.41) is 9.34. The van der Waals surface area contributed by atoms with Crippen LogP contribution in [-0.2, 0) is 0 Å². The normalized spacial score (nSPS) is 10.4. The van der Waals surface area contributed by atoms with Crippen molar-refractivity contribution in [3.63, 3.8) is 0 Å². The molecule has 16 heavy (non-hydrogen) atoms. The van der Waals surface area contributed by atoms with Crippen LogP contribution in [0.5, 0.6) is 5.75 Å². The molecule has 1 N–H and O–H groups in total. The van der Waals surface area contributed by atoms with Crippen molar-refractivity contribution in [2.24, 2.45) is 0 Å². The van der Waals surface area contributed by atoms with Crippen molar-refractivity contribution in [1.29, 1.82) is 0 Å². The number of phenols is 1. The Hall–Kier alpha value is -0.810. The van der Waals surface area contributed by atoms with Crippen LogP contribution < -0.4 is 0 Å². The molecule has 0 saturated heterocycles. The van der Waals surface area contributed by atoms with Crippen LogP contribution in [0.15, 0.2) is 36.4 Å². The van der Waals surface area contributed by atoms with Gasteiger partial charge in [0.15, 0.2) is 11.6 Å². The molecule has 0 aromatic heterocycles. The molecule has 0 heterocycles. The van der Waals surface area contributed by atoms with E-state index >= 15 is 0 Å². The molecule has 4 heteroatoms. The van der Waals surface area contributed by atoms with Gasteiger partial charge in [0, 0.05) is 5.56 Å². The highest BCUT2D eigenvalue weighted by Gasteiger charge is 2.15. The van der Waals surface area contributed by atoms with Crippen molar-refractivity contribution >= 4 is 34.2 Å². The van der Waals surface area contributed by atoms with E-state index in [1.54, 1.807) is 6.07 Å². The standard InChI is InChI=1S/C12H7ClFIO/c13-10-8(7-4-2-1-3-5-7)6-9(15)12(16)11(10)14/h1-6,16H. The lowest BCUT2D eigenvalue weighted by Gasteiger charge is -2.08. The zero-order valence-electron chi connectivity index (χ0n) is 8.05. The summed E-state index contributed by atoms with van der Waals surface area (Å²) in [5.74, 6) is -1.17. The summed E-state index contributed by atoms with van der Waals surface area (Å²) in [6.45, 7) is 0. The highest BCUT2D eigenvalue weighted by atomic mass is 127. The van der Waals surface area contributed by atoms with Crippen molar-refractivity contribution in [1.82, 2.24) is 0 Å². The molecule has 2 rings (SSSR count). The molecule has 0 fully saturated rings. The molecule has 0 radical (unpaired) electrons. The zero-order valence-corrected chi connectivity index (χ0v) is 11.0. The van der Waals surface area contributed by atoms with Gasteiger partial charge in [-0.2, -0.15) is 0 Å². The second-order valence-electron chi connectivity index (χ2n) is 3.25. The summed E-state index contributed by atoms with van der Waals surface area (Å²) in [5.41, 5.74) is 1.41. The Morgan fingerprint density at radius 1 is 1.19 bits per heavy atom. The van der Waals surface area contributed by atoms with E-state index < -0.39 is 11.6 Å². The minimum Gasteiger partial charge on any atom is -0.504 e. The van der Waals surface area contributed by atoms with E-state index in [0.717, 1.165) is 5.56 Å². The summed E-state index contributed by atoms with van der Waals surface area (Å²) < 4.78 is 14.0. The Kier molecular flexibility index (Phi) is 3.35. The minimum absolute atomic E-state index is 0.0517. The zero-order chi connectivity index (χ0) is 11.7. The summed E-state index contributed by atoms with van der Waals surface area (Å²) in [6, 6.07) is 10.9. The molecule has 0 aliphatic heterocycles. The predicted octanol–water partition coefficient (Wildman–Crippen LogP) is 4.46. The Labute approximate surface area is 111 Å². The Morgan fingerprint density at radius 3 is 2.44 bits per heavy atom. The molecule has 0 spiro atoms. The molecule has 0 amide bonds. The molecular formula is C12H7ClFIO. The maximum atomic E-state index is 13.6. The fraction of sp³-hybridized carbons (Fsp3) is 0. The van der Waals surface area contributed by atoms with Gasteiger partial charge in [-0.1, -0.05) is 41.9 Å². The number of benzene rings is 2. The monoisotopic (exact) mass is 348 g/mol.